The normalized spacial score (nSPS) is 19.1. The van der Waals surface area contributed by atoms with E-state index >= 15 is 0 Å². The lowest BCUT2D eigenvalue weighted by atomic mass is 9.95. The topological polar surface area (TPSA) is 126 Å². The van der Waals surface area contributed by atoms with Gasteiger partial charge in [-0.25, -0.2) is 9.78 Å². The largest absolute Gasteiger partial charge is 0.486 e. The van der Waals surface area contributed by atoms with Crippen LogP contribution in [0.25, 0.3) is 5.82 Å². The Morgan fingerprint density at radius 3 is 2.75 bits per heavy atom. The number of carbonyl (C=O) groups is 1. The highest BCUT2D eigenvalue weighted by molar-refractivity contribution is 5.68. The summed E-state index contributed by atoms with van der Waals surface area (Å²) in [4.78, 5) is 20.1. The second-order valence-corrected chi connectivity index (χ2v) is 8.81. The molecule has 12 heteroatoms. The molecular weight excluding hydrogens is 414 g/mol. The third-order valence-electron chi connectivity index (χ3n) is 5.06. The van der Waals surface area contributed by atoms with Crippen LogP contribution in [0.15, 0.2) is 30.9 Å². The number of tetrazole rings is 1. The van der Waals surface area contributed by atoms with E-state index in [0.717, 1.165) is 12.1 Å². The molecule has 0 aliphatic carbocycles. The molecule has 1 saturated heterocycles. The van der Waals surface area contributed by atoms with Crippen LogP contribution in [0.5, 0.6) is 5.75 Å². The van der Waals surface area contributed by atoms with Crippen molar-refractivity contribution in [3.63, 3.8) is 0 Å². The summed E-state index contributed by atoms with van der Waals surface area (Å²) in [5.74, 6) is 1.40. The van der Waals surface area contributed by atoms with Crippen LogP contribution >= 0.6 is 0 Å². The van der Waals surface area contributed by atoms with E-state index in [2.05, 4.69) is 37.6 Å². The number of nitrogens with zero attached hydrogens (tertiary/aromatic N) is 9. The summed E-state index contributed by atoms with van der Waals surface area (Å²) < 4.78 is 12.7. The van der Waals surface area contributed by atoms with Gasteiger partial charge in [0.1, 0.15) is 30.0 Å². The molecule has 170 valence electrons. The van der Waals surface area contributed by atoms with E-state index in [9.17, 15) is 4.79 Å². The molecule has 2 unspecified atom stereocenters. The van der Waals surface area contributed by atoms with Crippen LogP contribution < -0.4 is 4.74 Å². The predicted octanol–water partition coefficient (Wildman–Crippen LogP) is 2.05. The SMILES string of the molecule is CC1CN(C(=O)OC(C)(C)C)CCC1n1ncc(COc2ccc(-n3cnnn3)nc2)n1. The maximum atomic E-state index is 12.3. The second-order valence-electron chi connectivity index (χ2n) is 8.81. The number of hydrogen-bond acceptors (Lipinski definition) is 9. The second kappa shape index (κ2) is 8.89. The fraction of sp³-hybridized carbons (Fsp3) is 0.550. The molecule has 4 heterocycles. The Morgan fingerprint density at radius 1 is 1.25 bits per heavy atom. The molecule has 12 nitrogen and oxygen atoms in total. The first-order valence-corrected chi connectivity index (χ1v) is 10.5. The smallest absolute Gasteiger partial charge is 0.410 e. The van der Waals surface area contributed by atoms with E-state index in [4.69, 9.17) is 9.47 Å². The van der Waals surface area contributed by atoms with Gasteiger partial charge in [0.15, 0.2) is 5.82 Å². The summed E-state index contributed by atoms with van der Waals surface area (Å²) in [6.45, 7) is 9.20. The van der Waals surface area contributed by atoms with Crippen molar-refractivity contribution in [2.75, 3.05) is 13.1 Å². The number of pyridine rings is 1. The first-order chi connectivity index (χ1) is 15.3. The van der Waals surface area contributed by atoms with Gasteiger partial charge in [-0.2, -0.15) is 19.7 Å². The Labute approximate surface area is 185 Å². The van der Waals surface area contributed by atoms with E-state index in [1.54, 1.807) is 34.2 Å². The molecule has 0 saturated carbocycles. The van der Waals surface area contributed by atoms with Gasteiger partial charge in [-0.1, -0.05) is 6.92 Å². The van der Waals surface area contributed by atoms with E-state index < -0.39 is 5.60 Å². The minimum absolute atomic E-state index is 0.111. The summed E-state index contributed by atoms with van der Waals surface area (Å²) in [6, 6.07) is 3.67. The molecule has 2 atom stereocenters. The molecule has 0 bridgehead atoms. The van der Waals surface area contributed by atoms with Gasteiger partial charge in [-0.3, -0.25) is 0 Å². The standard InChI is InChI=1S/C20H27N9O3/c1-14-11-27(19(30)32-20(2,3)4)8-7-17(14)29-23-9-15(24-29)12-31-16-5-6-18(21-10-16)28-13-22-25-26-28/h5-6,9-10,13-14,17H,7-8,11-12H2,1-4H3. The van der Waals surface area contributed by atoms with Gasteiger partial charge in [0.2, 0.25) is 0 Å². The quantitative estimate of drug-likeness (QED) is 0.584. The van der Waals surface area contributed by atoms with Crippen molar-refractivity contribution < 1.29 is 14.3 Å². The van der Waals surface area contributed by atoms with Crippen LogP contribution in [0.4, 0.5) is 4.79 Å². The molecule has 1 aliphatic rings. The van der Waals surface area contributed by atoms with Gasteiger partial charge >= 0.3 is 6.09 Å². The van der Waals surface area contributed by atoms with Crippen molar-refractivity contribution in [2.45, 2.75) is 52.4 Å². The maximum Gasteiger partial charge on any atom is 0.410 e. The van der Waals surface area contributed by atoms with Gasteiger partial charge in [-0.15, -0.1) is 5.10 Å². The van der Waals surface area contributed by atoms with Gasteiger partial charge in [0, 0.05) is 13.1 Å². The van der Waals surface area contributed by atoms with E-state index in [-0.39, 0.29) is 24.7 Å². The Kier molecular flexibility index (Phi) is 6.01. The van der Waals surface area contributed by atoms with Crippen LogP contribution in [0.1, 0.15) is 45.9 Å². The number of rotatable bonds is 5. The van der Waals surface area contributed by atoms with Gasteiger partial charge in [0.05, 0.1) is 18.4 Å². The van der Waals surface area contributed by atoms with Crippen LogP contribution in [-0.4, -0.2) is 69.9 Å². The highest BCUT2D eigenvalue weighted by atomic mass is 16.6. The van der Waals surface area contributed by atoms with Crippen molar-refractivity contribution in [2.24, 2.45) is 5.92 Å². The van der Waals surface area contributed by atoms with Crippen LogP contribution in [0.2, 0.25) is 0 Å². The Morgan fingerprint density at radius 2 is 2.09 bits per heavy atom. The molecular formula is C20H27N9O3. The molecule has 0 spiro atoms. The average Bonchev–Trinajstić information content (AvgIpc) is 3.44. The molecule has 32 heavy (non-hydrogen) atoms. The van der Waals surface area contributed by atoms with Gasteiger partial charge in [0.25, 0.3) is 0 Å². The number of piperidine rings is 1. The van der Waals surface area contributed by atoms with Crippen molar-refractivity contribution in [1.82, 2.24) is 45.1 Å². The predicted molar refractivity (Wildman–Crippen MR) is 112 cm³/mol. The van der Waals surface area contributed by atoms with E-state index in [0.29, 0.717) is 24.7 Å². The Bertz CT molecular complexity index is 1030. The zero-order valence-corrected chi connectivity index (χ0v) is 18.6. The summed E-state index contributed by atoms with van der Waals surface area (Å²) in [7, 11) is 0. The van der Waals surface area contributed by atoms with Crippen LogP contribution in [0.3, 0.4) is 0 Å². The zero-order chi connectivity index (χ0) is 22.7. The van der Waals surface area contributed by atoms with Gasteiger partial charge < -0.3 is 14.4 Å². The van der Waals surface area contributed by atoms with Crippen LogP contribution in [-0.2, 0) is 11.3 Å². The Balaban J connectivity index is 1.30. The first kappa shape index (κ1) is 21.7. The molecule has 0 aromatic carbocycles. The van der Waals surface area contributed by atoms with E-state index in [1.165, 1.54) is 11.0 Å². The zero-order valence-electron chi connectivity index (χ0n) is 18.6. The summed E-state index contributed by atoms with van der Waals surface area (Å²) in [5, 5.41) is 20.0. The third-order valence-corrected chi connectivity index (χ3v) is 5.06. The Hall–Kier alpha value is -3.57. The fourth-order valence-electron chi connectivity index (χ4n) is 3.52. The third kappa shape index (κ3) is 5.18. The summed E-state index contributed by atoms with van der Waals surface area (Å²) in [6.07, 6.45) is 5.27. The molecule has 3 aromatic rings. The fourth-order valence-corrected chi connectivity index (χ4v) is 3.52. The van der Waals surface area contributed by atoms with Crippen molar-refractivity contribution in [3.8, 4) is 11.6 Å². The highest BCUT2D eigenvalue weighted by Gasteiger charge is 2.33. The minimum Gasteiger partial charge on any atom is -0.486 e. The number of carbonyl (C=O) groups excluding carboxylic acids is 1. The number of likely N-dealkylation sites (tertiary alicyclic amines) is 1. The lowest BCUT2D eigenvalue weighted by molar-refractivity contribution is 0.0109. The molecule has 0 N–H and O–H groups in total. The first-order valence-electron chi connectivity index (χ1n) is 10.5. The summed E-state index contributed by atoms with van der Waals surface area (Å²) >= 11 is 0. The lowest BCUT2D eigenvalue weighted by Gasteiger charge is -2.36. The number of amides is 1. The lowest BCUT2D eigenvalue weighted by Crippen LogP contribution is -2.45. The van der Waals surface area contributed by atoms with Crippen molar-refractivity contribution in [1.29, 1.82) is 0 Å². The molecule has 0 radical (unpaired) electrons. The number of ether oxygens (including phenoxy) is 2. The van der Waals surface area contributed by atoms with E-state index in [1.807, 2.05) is 20.8 Å². The van der Waals surface area contributed by atoms with Gasteiger partial charge in [-0.05, 0) is 55.7 Å². The average molecular weight is 441 g/mol. The van der Waals surface area contributed by atoms with Crippen LogP contribution in [0, 0.1) is 5.92 Å². The molecule has 1 fully saturated rings. The highest BCUT2D eigenvalue weighted by Crippen LogP contribution is 2.28. The molecule has 1 amide bonds. The summed E-state index contributed by atoms with van der Waals surface area (Å²) in [5.41, 5.74) is 0.218. The molecule has 3 aromatic heterocycles. The molecule has 4 rings (SSSR count). The van der Waals surface area contributed by atoms with Crippen molar-refractivity contribution in [3.05, 3.63) is 36.5 Å². The molecule has 1 aliphatic heterocycles. The maximum absolute atomic E-state index is 12.3. The number of hydrogen-bond donors (Lipinski definition) is 0. The van der Waals surface area contributed by atoms with Crippen molar-refractivity contribution >= 4 is 6.09 Å². The monoisotopic (exact) mass is 441 g/mol. The minimum atomic E-state index is -0.501. The number of aromatic nitrogens is 8.